The van der Waals surface area contributed by atoms with Gasteiger partial charge in [0.05, 0.1) is 0 Å². The molecule has 118 valence electrons. The van der Waals surface area contributed by atoms with Crippen LogP contribution in [0.3, 0.4) is 0 Å². The smallest absolute Gasteiger partial charge is 0.293 e. The molecule has 1 N–H and O–H groups in total. The van der Waals surface area contributed by atoms with Gasteiger partial charge in [0, 0.05) is 18.5 Å². The minimum Gasteiger partial charge on any atom is -0.333 e. The van der Waals surface area contributed by atoms with Crippen LogP contribution >= 0.6 is 0 Å². The van der Waals surface area contributed by atoms with Crippen LogP contribution in [0.4, 0.5) is 0 Å². The Morgan fingerprint density at radius 1 is 1.29 bits per heavy atom. The van der Waals surface area contributed by atoms with E-state index in [0.29, 0.717) is 17.8 Å². The largest absolute Gasteiger partial charge is 0.333 e. The molecule has 21 heavy (non-hydrogen) atoms. The summed E-state index contributed by atoms with van der Waals surface area (Å²) in [6, 6.07) is 0.372. The second-order valence-electron chi connectivity index (χ2n) is 6.82. The van der Waals surface area contributed by atoms with Crippen LogP contribution in [-0.2, 0) is 0 Å². The number of nitrogens with one attached hydrogen (secondary N) is 1. The number of H-pyrrole nitrogens is 1. The normalized spacial score (nSPS) is 16.1. The molecule has 1 saturated carbocycles. The average molecular weight is 292 g/mol. The van der Waals surface area contributed by atoms with Gasteiger partial charge < -0.3 is 4.90 Å². The van der Waals surface area contributed by atoms with E-state index < -0.39 is 0 Å². The summed E-state index contributed by atoms with van der Waals surface area (Å²) in [5, 5.41) is 7.02. The van der Waals surface area contributed by atoms with Crippen LogP contribution in [0.15, 0.2) is 0 Å². The fourth-order valence-electron chi connectivity index (χ4n) is 2.82. The maximum atomic E-state index is 12.8. The van der Waals surface area contributed by atoms with Crippen molar-refractivity contribution >= 4 is 5.91 Å². The van der Waals surface area contributed by atoms with Crippen molar-refractivity contribution in [2.75, 3.05) is 6.54 Å². The monoisotopic (exact) mass is 292 g/mol. The molecule has 5 nitrogen and oxygen atoms in total. The summed E-state index contributed by atoms with van der Waals surface area (Å²) in [6.07, 6.45) is 5.71. The van der Waals surface area contributed by atoms with Crippen LogP contribution in [0.25, 0.3) is 0 Å². The maximum absolute atomic E-state index is 12.8. The third-order valence-electron chi connectivity index (χ3n) is 4.21. The van der Waals surface area contributed by atoms with Crippen molar-refractivity contribution in [3.8, 4) is 0 Å². The lowest BCUT2D eigenvalue weighted by Gasteiger charge is -2.28. The van der Waals surface area contributed by atoms with Gasteiger partial charge in [-0.3, -0.25) is 9.89 Å². The molecule has 1 aromatic rings. The Bertz CT molecular complexity index is 461. The van der Waals surface area contributed by atoms with Crippen molar-refractivity contribution in [3.63, 3.8) is 0 Å². The third kappa shape index (κ3) is 4.05. The summed E-state index contributed by atoms with van der Waals surface area (Å²) in [4.78, 5) is 19.1. The number of hydrogen-bond donors (Lipinski definition) is 1. The first-order valence-electron chi connectivity index (χ1n) is 8.22. The molecule has 1 aliphatic carbocycles. The third-order valence-corrected chi connectivity index (χ3v) is 4.21. The quantitative estimate of drug-likeness (QED) is 0.874. The fourth-order valence-corrected chi connectivity index (χ4v) is 2.82. The van der Waals surface area contributed by atoms with E-state index in [1.807, 2.05) is 18.7 Å². The molecule has 0 atom stereocenters. The molecule has 1 amide bonds. The zero-order valence-electron chi connectivity index (χ0n) is 13.7. The van der Waals surface area contributed by atoms with Crippen LogP contribution in [0, 0.1) is 5.92 Å². The first-order chi connectivity index (χ1) is 9.99. The van der Waals surface area contributed by atoms with Crippen LogP contribution < -0.4 is 0 Å². The number of amides is 1. The van der Waals surface area contributed by atoms with E-state index >= 15 is 0 Å². The van der Waals surface area contributed by atoms with Gasteiger partial charge in [-0.15, -0.1) is 5.10 Å². The number of aromatic amines is 1. The van der Waals surface area contributed by atoms with Crippen molar-refractivity contribution in [3.05, 3.63) is 11.6 Å². The number of nitrogens with zero attached hydrogens (tertiary/aromatic N) is 3. The molecule has 0 radical (unpaired) electrons. The van der Waals surface area contributed by atoms with Gasteiger partial charge in [0.2, 0.25) is 5.82 Å². The summed E-state index contributed by atoms with van der Waals surface area (Å²) in [6.45, 7) is 9.29. The number of carbonyl (C=O) groups is 1. The predicted molar refractivity (Wildman–Crippen MR) is 83.2 cm³/mol. The second kappa shape index (κ2) is 7.05. The molecular formula is C16H28N4O. The van der Waals surface area contributed by atoms with Crippen LogP contribution in [0.5, 0.6) is 0 Å². The van der Waals surface area contributed by atoms with Gasteiger partial charge in [-0.05, 0) is 25.2 Å². The number of carbonyl (C=O) groups excluding carboxylic acids is 1. The molecule has 1 aliphatic rings. The SMILES string of the molecule is CC(C)CCN(C(=O)c1n[nH]c(C(C)C)n1)C1CCCC1. The average Bonchev–Trinajstić information content (AvgIpc) is 3.09. The summed E-state index contributed by atoms with van der Waals surface area (Å²) < 4.78 is 0. The Morgan fingerprint density at radius 3 is 2.48 bits per heavy atom. The highest BCUT2D eigenvalue weighted by Crippen LogP contribution is 2.25. The van der Waals surface area contributed by atoms with E-state index in [0.717, 1.165) is 31.6 Å². The lowest BCUT2D eigenvalue weighted by atomic mass is 10.1. The van der Waals surface area contributed by atoms with E-state index in [9.17, 15) is 4.79 Å². The van der Waals surface area contributed by atoms with Gasteiger partial charge in [-0.2, -0.15) is 0 Å². The molecule has 1 aromatic heterocycles. The second-order valence-corrected chi connectivity index (χ2v) is 6.82. The zero-order chi connectivity index (χ0) is 15.4. The number of aromatic nitrogens is 3. The number of hydrogen-bond acceptors (Lipinski definition) is 3. The molecule has 0 unspecified atom stereocenters. The molecule has 0 bridgehead atoms. The fraction of sp³-hybridized carbons (Fsp3) is 0.812. The van der Waals surface area contributed by atoms with Gasteiger partial charge in [0.25, 0.3) is 5.91 Å². The van der Waals surface area contributed by atoms with E-state index in [2.05, 4.69) is 29.0 Å². The Balaban J connectivity index is 2.11. The first-order valence-corrected chi connectivity index (χ1v) is 8.22. The minimum absolute atomic E-state index is 0.00861. The van der Waals surface area contributed by atoms with E-state index in [1.54, 1.807) is 0 Å². The van der Waals surface area contributed by atoms with Gasteiger partial charge >= 0.3 is 0 Å². The van der Waals surface area contributed by atoms with E-state index in [-0.39, 0.29) is 11.8 Å². The van der Waals surface area contributed by atoms with Crippen LogP contribution in [0.2, 0.25) is 0 Å². The van der Waals surface area contributed by atoms with Crippen molar-refractivity contribution in [1.29, 1.82) is 0 Å². The van der Waals surface area contributed by atoms with Gasteiger partial charge in [0.15, 0.2) is 0 Å². The zero-order valence-corrected chi connectivity index (χ0v) is 13.7. The molecule has 5 heteroatoms. The summed E-state index contributed by atoms with van der Waals surface area (Å²) in [5.41, 5.74) is 0. The Labute approximate surface area is 127 Å². The summed E-state index contributed by atoms with van der Waals surface area (Å²) in [5.74, 6) is 1.96. The lowest BCUT2D eigenvalue weighted by molar-refractivity contribution is 0.0659. The van der Waals surface area contributed by atoms with Crippen molar-refractivity contribution in [2.45, 2.75) is 71.8 Å². The topological polar surface area (TPSA) is 61.9 Å². The van der Waals surface area contributed by atoms with Crippen LogP contribution in [0.1, 0.15) is 82.2 Å². The van der Waals surface area contributed by atoms with Crippen molar-refractivity contribution in [1.82, 2.24) is 20.1 Å². The molecule has 0 aliphatic heterocycles. The van der Waals surface area contributed by atoms with E-state index in [1.165, 1.54) is 12.8 Å². The minimum atomic E-state index is -0.00861. The van der Waals surface area contributed by atoms with Gasteiger partial charge in [-0.25, -0.2) is 4.98 Å². The highest BCUT2D eigenvalue weighted by Gasteiger charge is 2.29. The van der Waals surface area contributed by atoms with Gasteiger partial charge in [0.1, 0.15) is 5.82 Å². The lowest BCUT2D eigenvalue weighted by Crippen LogP contribution is -2.40. The standard InChI is InChI=1S/C16H28N4O/c1-11(2)9-10-20(13-7-5-6-8-13)16(21)15-17-14(12(3)4)18-19-15/h11-13H,5-10H2,1-4H3,(H,17,18,19). The molecule has 0 spiro atoms. The van der Waals surface area contributed by atoms with Gasteiger partial charge in [-0.1, -0.05) is 40.5 Å². The number of rotatable bonds is 6. The molecule has 1 heterocycles. The predicted octanol–water partition coefficient (Wildman–Crippen LogP) is 3.36. The van der Waals surface area contributed by atoms with E-state index in [4.69, 9.17) is 0 Å². The summed E-state index contributed by atoms with van der Waals surface area (Å²) in [7, 11) is 0. The Hall–Kier alpha value is -1.39. The van der Waals surface area contributed by atoms with Crippen LogP contribution in [-0.4, -0.2) is 38.6 Å². The van der Waals surface area contributed by atoms with Crippen molar-refractivity contribution in [2.24, 2.45) is 5.92 Å². The maximum Gasteiger partial charge on any atom is 0.293 e. The highest BCUT2D eigenvalue weighted by molar-refractivity contribution is 5.90. The highest BCUT2D eigenvalue weighted by atomic mass is 16.2. The molecule has 0 aromatic carbocycles. The summed E-state index contributed by atoms with van der Waals surface area (Å²) >= 11 is 0. The molecule has 2 rings (SSSR count). The molecular weight excluding hydrogens is 264 g/mol. The molecule has 1 fully saturated rings. The Kier molecular flexibility index (Phi) is 5.37. The van der Waals surface area contributed by atoms with Crippen molar-refractivity contribution < 1.29 is 4.79 Å². The Morgan fingerprint density at radius 2 is 1.95 bits per heavy atom. The first kappa shape index (κ1) is 16.0. The molecule has 0 saturated heterocycles.